The van der Waals surface area contributed by atoms with E-state index in [0.29, 0.717) is 6.04 Å². The molecule has 1 rings (SSSR count). The summed E-state index contributed by atoms with van der Waals surface area (Å²) in [5, 5.41) is 8.49. The number of nitrogens with zero attached hydrogens (tertiary/aromatic N) is 2. The Morgan fingerprint density at radius 3 is 2.64 bits per heavy atom. The van der Waals surface area contributed by atoms with Crippen molar-refractivity contribution in [3.63, 3.8) is 0 Å². The predicted octanol–water partition coefficient (Wildman–Crippen LogP) is 2.36. The first kappa shape index (κ1) is 11.5. The molecule has 0 saturated carbocycles. The zero-order valence-corrected chi connectivity index (χ0v) is 10.0. The molecule has 0 aliphatic heterocycles. The van der Waals surface area contributed by atoms with Crippen LogP contribution in [0.25, 0.3) is 0 Å². The summed E-state index contributed by atoms with van der Waals surface area (Å²) < 4.78 is 1.95. The minimum Gasteiger partial charge on any atom is -0.309 e. The molecule has 0 unspecified atom stereocenters. The van der Waals surface area contributed by atoms with Crippen molar-refractivity contribution in [1.82, 2.24) is 15.1 Å². The maximum absolute atomic E-state index is 6.15. The molecule has 0 aliphatic rings. The minimum atomic E-state index is 0.464. The largest absolute Gasteiger partial charge is 0.309 e. The molecule has 0 aromatic carbocycles. The molecule has 0 saturated heterocycles. The molecule has 0 bridgehead atoms. The summed E-state index contributed by atoms with van der Waals surface area (Å²) in [5.74, 6) is 0. The van der Waals surface area contributed by atoms with Crippen molar-refractivity contribution >= 4 is 11.6 Å². The van der Waals surface area contributed by atoms with Gasteiger partial charge in [0.05, 0.1) is 16.4 Å². The normalized spacial score (nSPS) is 11.3. The predicted molar refractivity (Wildman–Crippen MR) is 59.6 cm³/mol. The maximum atomic E-state index is 6.15. The number of aryl methyl sites for hydroxylation is 2. The van der Waals surface area contributed by atoms with Gasteiger partial charge in [-0.2, -0.15) is 5.10 Å². The summed E-state index contributed by atoms with van der Waals surface area (Å²) in [5.41, 5.74) is 1.99. The Labute approximate surface area is 90.4 Å². The van der Waals surface area contributed by atoms with Crippen LogP contribution in [0, 0.1) is 6.92 Å². The van der Waals surface area contributed by atoms with E-state index in [9.17, 15) is 0 Å². The van der Waals surface area contributed by atoms with Crippen molar-refractivity contribution in [3.8, 4) is 0 Å². The maximum Gasteiger partial charge on any atom is 0.0860 e. The molecule has 0 radical (unpaired) electrons. The average Bonchev–Trinajstić information content (AvgIpc) is 2.40. The Morgan fingerprint density at radius 1 is 1.50 bits per heavy atom. The van der Waals surface area contributed by atoms with Gasteiger partial charge in [0, 0.05) is 19.1 Å². The van der Waals surface area contributed by atoms with Crippen LogP contribution < -0.4 is 5.32 Å². The van der Waals surface area contributed by atoms with Crippen LogP contribution in [0.5, 0.6) is 0 Å². The highest BCUT2D eigenvalue weighted by atomic mass is 35.5. The van der Waals surface area contributed by atoms with Crippen LogP contribution >= 0.6 is 11.6 Å². The second-order valence-electron chi connectivity index (χ2n) is 3.70. The molecular weight excluding hydrogens is 198 g/mol. The lowest BCUT2D eigenvalue weighted by Gasteiger charge is -2.09. The molecule has 4 heteroatoms. The van der Waals surface area contributed by atoms with E-state index in [4.69, 9.17) is 11.6 Å². The van der Waals surface area contributed by atoms with Gasteiger partial charge in [-0.15, -0.1) is 0 Å². The van der Waals surface area contributed by atoms with Crippen molar-refractivity contribution in [3.05, 3.63) is 16.4 Å². The van der Waals surface area contributed by atoms with Crippen molar-refractivity contribution in [2.75, 3.05) is 0 Å². The smallest absolute Gasteiger partial charge is 0.0860 e. The molecule has 1 heterocycles. The van der Waals surface area contributed by atoms with E-state index in [2.05, 4.69) is 31.2 Å². The monoisotopic (exact) mass is 215 g/mol. The number of hydrogen-bond donors (Lipinski definition) is 1. The molecule has 1 N–H and O–H groups in total. The van der Waals surface area contributed by atoms with Crippen LogP contribution in [-0.2, 0) is 13.1 Å². The Bertz CT molecular complexity index is 305. The van der Waals surface area contributed by atoms with Gasteiger partial charge in [0.25, 0.3) is 0 Å². The highest BCUT2D eigenvalue weighted by Gasteiger charge is 2.11. The van der Waals surface area contributed by atoms with Gasteiger partial charge in [-0.3, -0.25) is 4.68 Å². The van der Waals surface area contributed by atoms with E-state index in [1.54, 1.807) is 0 Å². The van der Waals surface area contributed by atoms with Gasteiger partial charge in [0.15, 0.2) is 0 Å². The van der Waals surface area contributed by atoms with E-state index in [0.717, 1.165) is 29.5 Å². The number of nitrogens with one attached hydrogen (secondary N) is 1. The molecule has 0 aliphatic carbocycles. The third kappa shape index (κ3) is 2.49. The summed E-state index contributed by atoms with van der Waals surface area (Å²) in [4.78, 5) is 0. The van der Waals surface area contributed by atoms with Gasteiger partial charge in [-0.25, -0.2) is 0 Å². The third-order valence-corrected chi connectivity index (χ3v) is 2.62. The Balaban J connectivity index is 2.82. The molecule has 0 amide bonds. The molecule has 80 valence electrons. The molecule has 1 aromatic heterocycles. The second kappa shape index (κ2) is 4.80. The fraction of sp³-hybridized carbons (Fsp3) is 0.700. The molecule has 1 aromatic rings. The second-order valence-corrected chi connectivity index (χ2v) is 4.08. The molecule has 0 spiro atoms. The van der Waals surface area contributed by atoms with Crippen LogP contribution in [0.15, 0.2) is 0 Å². The van der Waals surface area contributed by atoms with E-state index in [1.807, 2.05) is 11.6 Å². The molecule has 14 heavy (non-hydrogen) atoms. The van der Waals surface area contributed by atoms with E-state index in [1.165, 1.54) is 0 Å². The molecular formula is C10H18ClN3. The number of rotatable bonds is 4. The van der Waals surface area contributed by atoms with Crippen LogP contribution in [0.1, 0.15) is 32.2 Å². The van der Waals surface area contributed by atoms with Crippen molar-refractivity contribution in [2.45, 2.75) is 46.8 Å². The van der Waals surface area contributed by atoms with Crippen molar-refractivity contribution in [1.29, 1.82) is 0 Å². The van der Waals surface area contributed by atoms with Gasteiger partial charge in [-0.1, -0.05) is 25.4 Å². The van der Waals surface area contributed by atoms with E-state index < -0.39 is 0 Å². The van der Waals surface area contributed by atoms with Crippen LogP contribution in [0.3, 0.4) is 0 Å². The minimum absolute atomic E-state index is 0.464. The number of aromatic nitrogens is 2. The summed E-state index contributed by atoms with van der Waals surface area (Å²) >= 11 is 6.15. The fourth-order valence-electron chi connectivity index (χ4n) is 1.34. The van der Waals surface area contributed by atoms with Gasteiger partial charge in [0.2, 0.25) is 0 Å². The SMILES string of the molecule is CCn1nc(C)c(Cl)c1CNC(C)C. The zero-order chi connectivity index (χ0) is 10.7. The quantitative estimate of drug-likeness (QED) is 0.836. The number of halogens is 1. The van der Waals surface area contributed by atoms with Gasteiger partial charge in [0.1, 0.15) is 0 Å². The Hall–Kier alpha value is -0.540. The van der Waals surface area contributed by atoms with Gasteiger partial charge < -0.3 is 5.32 Å². The van der Waals surface area contributed by atoms with Gasteiger partial charge >= 0.3 is 0 Å². The lowest BCUT2D eigenvalue weighted by atomic mass is 10.3. The fourth-order valence-corrected chi connectivity index (χ4v) is 1.54. The topological polar surface area (TPSA) is 29.9 Å². The Morgan fingerprint density at radius 2 is 2.14 bits per heavy atom. The third-order valence-electron chi connectivity index (χ3n) is 2.13. The highest BCUT2D eigenvalue weighted by molar-refractivity contribution is 6.31. The highest BCUT2D eigenvalue weighted by Crippen LogP contribution is 2.19. The lowest BCUT2D eigenvalue weighted by molar-refractivity contribution is 0.540. The van der Waals surface area contributed by atoms with E-state index in [-0.39, 0.29) is 0 Å². The van der Waals surface area contributed by atoms with Crippen LogP contribution in [0.2, 0.25) is 5.02 Å². The summed E-state index contributed by atoms with van der Waals surface area (Å²) in [6.07, 6.45) is 0. The summed E-state index contributed by atoms with van der Waals surface area (Å²) in [6.45, 7) is 9.89. The molecule has 3 nitrogen and oxygen atoms in total. The number of hydrogen-bond acceptors (Lipinski definition) is 2. The standard InChI is InChI=1S/C10H18ClN3/c1-5-14-9(6-12-7(2)3)10(11)8(4)13-14/h7,12H,5-6H2,1-4H3. The van der Waals surface area contributed by atoms with Crippen molar-refractivity contribution < 1.29 is 0 Å². The molecule has 0 fully saturated rings. The first-order valence-electron chi connectivity index (χ1n) is 5.01. The van der Waals surface area contributed by atoms with Crippen molar-refractivity contribution in [2.24, 2.45) is 0 Å². The van der Waals surface area contributed by atoms with E-state index >= 15 is 0 Å². The first-order chi connectivity index (χ1) is 6.56. The molecule has 0 atom stereocenters. The van der Waals surface area contributed by atoms with Gasteiger partial charge in [-0.05, 0) is 13.8 Å². The zero-order valence-electron chi connectivity index (χ0n) is 9.26. The Kier molecular flexibility index (Phi) is 3.96. The lowest BCUT2D eigenvalue weighted by Crippen LogP contribution is -2.23. The summed E-state index contributed by atoms with van der Waals surface area (Å²) in [6, 6.07) is 0.464. The first-order valence-corrected chi connectivity index (χ1v) is 5.39. The average molecular weight is 216 g/mol. The summed E-state index contributed by atoms with van der Waals surface area (Å²) in [7, 11) is 0. The van der Waals surface area contributed by atoms with Crippen LogP contribution in [-0.4, -0.2) is 15.8 Å². The van der Waals surface area contributed by atoms with Crippen LogP contribution in [0.4, 0.5) is 0 Å².